The highest BCUT2D eigenvalue weighted by Gasteiger charge is 2.13. The van der Waals surface area contributed by atoms with E-state index in [4.69, 9.17) is 4.74 Å². The average molecular weight is 229 g/mol. The van der Waals surface area contributed by atoms with Crippen LogP contribution in [0.4, 0.5) is 8.78 Å². The van der Waals surface area contributed by atoms with Crippen LogP contribution in [0.3, 0.4) is 0 Å². The van der Waals surface area contributed by atoms with Gasteiger partial charge in [-0.05, 0) is 24.6 Å². The molecule has 0 aromatic heterocycles. The van der Waals surface area contributed by atoms with E-state index >= 15 is 0 Å². The first-order valence-corrected chi connectivity index (χ1v) is 4.85. The third-order valence-electron chi connectivity index (χ3n) is 1.86. The van der Waals surface area contributed by atoms with Crippen molar-refractivity contribution in [1.29, 1.82) is 0 Å². The van der Waals surface area contributed by atoms with Crippen LogP contribution in [0, 0.1) is 6.92 Å². The van der Waals surface area contributed by atoms with E-state index in [0.717, 1.165) is 5.56 Å². The van der Waals surface area contributed by atoms with Crippen molar-refractivity contribution in [2.24, 2.45) is 0 Å². The van der Waals surface area contributed by atoms with Gasteiger partial charge >= 0.3 is 6.43 Å². The number of aryl methyl sites for hydroxylation is 1. The topological polar surface area (TPSA) is 38.3 Å². The summed E-state index contributed by atoms with van der Waals surface area (Å²) in [5, 5.41) is 2.05. The van der Waals surface area contributed by atoms with Crippen molar-refractivity contribution in [3.8, 4) is 5.75 Å². The van der Waals surface area contributed by atoms with E-state index in [2.05, 4.69) is 5.32 Å². The molecule has 0 saturated carbocycles. The minimum Gasteiger partial charge on any atom is -0.492 e. The van der Waals surface area contributed by atoms with Crippen LogP contribution in [0.15, 0.2) is 24.3 Å². The van der Waals surface area contributed by atoms with Crippen molar-refractivity contribution < 1.29 is 18.3 Å². The van der Waals surface area contributed by atoms with E-state index in [1.165, 1.54) is 0 Å². The SMILES string of the molecule is Cc1cccc(OCCNC(=O)C(F)F)c1. The number of carbonyl (C=O) groups excluding carboxylic acids is 1. The predicted octanol–water partition coefficient (Wildman–Crippen LogP) is 1.76. The summed E-state index contributed by atoms with van der Waals surface area (Å²) in [4.78, 5) is 10.5. The second-order valence-electron chi connectivity index (χ2n) is 3.26. The maximum absolute atomic E-state index is 11.8. The molecule has 1 aromatic carbocycles. The average Bonchev–Trinajstić information content (AvgIpc) is 2.24. The molecule has 0 aliphatic heterocycles. The molecule has 0 atom stereocenters. The number of ether oxygens (including phenoxy) is 1. The third kappa shape index (κ3) is 4.25. The van der Waals surface area contributed by atoms with E-state index in [-0.39, 0.29) is 13.2 Å². The molecule has 88 valence electrons. The van der Waals surface area contributed by atoms with Crippen molar-refractivity contribution >= 4 is 5.91 Å². The summed E-state index contributed by atoms with van der Waals surface area (Å²) in [5.74, 6) is -0.612. The lowest BCUT2D eigenvalue weighted by atomic mass is 10.2. The van der Waals surface area contributed by atoms with Gasteiger partial charge in [0.2, 0.25) is 0 Å². The zero-order valence-corrected chi connectivity index (χ0v) is 8.87. The van der Waals surface area contributed by atoms with Crippen LogP contribution in [-0.2, 0) is 4.79 Å². The number of benzene rings is 1. The largest absolute Gasteiger partial charge is 0.492 e. The quantitative estimate of drug-likeness (QED) is 0.781. The summed E-state index contributed by atoms with van der Waals surface area (Å²) in [6.07, 6.45) is -2.97. The standard InChI is InChI=1S/C11H13F2NO2/c1-8-3-2-4-9(7-8)16-6-5-14-11(15)10(12)13/h2-4,7,10H,5-6H2,1H3,(H,14,15). The number of carbonyl (C=O) groups is 1. The Hall–Kier alpha value is -1.65. The molecule has 1 N–H and O–H groups in total. The number of halogens is 2. The molecule has 0 aliphatic carbocycles. The minimum atomic E-state index is -2.97. The second kappa shape index (κ2) is 6.05. The molecular weight excluding hydrogens is 216 g/mol. The predicted molar refractivity (Wildman–Crippen MR) is 55.7 cm³/mol. The molecule has 1 amide bonds. The van der Waals surface area contributed by atoms with Gasteiger partial charge in [0.1, 0.15) is 12.4 Å². The fourth-order valence-electron chi connectivity index (χ4n) is 1.13. The molecule has 0 bridgehead atoms. The Kier molecular flexibility index (Phi) is 4.69. The molecule has 0 unspecified atom stereocenters. The van der Waals surface area contributed by atoms with Gasteiger partial charge in [0.15, 0.2) is 0 Å². The number of hydrogen-bond donors (Lipinski definition) is 1. The van der Waals surface area contributed by atoms with Crippen LogP contribution in [0.25, 0.3) is 0 Å². The maximum atomic E-state index is 11.8. The van der Waals surface area contributed by atoms with Crippen molar-refractivity contribution in [3.63, 3.8) is 0 Å². The number of hydrogen-bond acceptors (Lipinski definition) is 2. The Labute approximate surface area is 92.4 Å². The van der Waals surface area contributed by atoms with Gasteiger partial charge in [-0.15, -0.1) is 0 Å². The van der Waals surface area contributed by atoms with Gasteiger partial charge in [0.25, 0.3) is 5.91 Å². The third-order valence-corrected chi connectivity index (χ3v) is 1.86. The van der Waals surface area contributed by atoms with Crippen LogP contribution in [0.2, 0.25) is 0 Å². The molecule has 0 fully saturated rings. The Morgan fingerprint density at radius 2 is 2.25 bits per heavy atom. The highest BCUT2D eigenvalue weighted by Crippen LogP contribution is 2.11. The molecule has 1 aromatic rings. The van der Waals surface area contributed by atoms with Gasteiger partial charge in [-0.2, -0.15) is 8.78 Å². The van der Waals surface area contributed by atoms with Gasteiger partial charge < -0.3 is 10.1 Å². The van der Waals surface area contributed by atoms with Crippen LogP contribution in [-0.4, -0.2) is 25.5 Å². The lowest BCUT2D eigenvalue weighted by molar-refractivity contribution is -0.131. The molecule has 0 aliphatic rings. The highest BCUT2D eigenvalue weighted by molar-refractivity contribution is 5.78. The molecule has 0 saturated heterocycles. The van der Waals surface area contributed by atoms with E-state index in [1.54, 1.807) is 6.07 Å². The smallest absolute Gasteiger partial charge is 0.315 e. The normalized spacial score (nSPS) is 10.2. The van der Waals surface area contributed by atoms with Gasteiger partial charge in [0, 0.05) is 0 Å². The van der Waals surface area contributed by atoms with Crippen molar-refractivity contribution in [1.82, 2.24) is 5.32 Å². The summed E-state index contributed by atoms with van der Waals surface area (Å²) >= 11 is 0. The van der Waals surface area contributed by atoms with Gasteiger partial charge in [-0.25, -0.2) is 0 Å². The van der Waals surface area contributed by atoms with Crippen molar-refractivity contribution in [2.75, 3.05) is 13.2 Å². The number of nitrogens with one attached hydrogen (secondary N) is 1. The fourth-order valence-corrected chi connectivity index (χ4v) is 1.13. The van der Waals surface area contributed by atoms with Crippen molar-refractivity contribution in [2.45, 2.75) is 13.3 Å². The van der Waals surface area contributed by atoms with Crippen LogP contribution in [0.5, 0.6) is 5.75 Å². The zero-order chi connectivity index (χ0) is 12.0. The highest BCUT2D eigenvalue weighted by atomic mass is 19.3. The minimum absolute atomic E-state index is 0.0666. The second-order valence-corrected chi connectivity index (χ2v) is 3.26. The Bertz CT molecular complexity index is 356. The maximum Gasteiger partial charge on any atom is 0.315 e. The van der Waals surface area contributed by atoms with Gasteiger partial charge in [0.05, 0.1) is 6.54 Å². The van der Waals surface area contributed by atoms with Gasteiger partial charge in [-0.3, -0.25) is 4.79 Å². The number of amides is 1. The Balaban J connectivity index is 2.23. The first kappa shape index (κ1) is 12.4. The summed E-state index contributed by atoms with van der Waals surface area (Å²) in [6.45, 7) is 2.16. The first-order valence-electron chi connectivity index (χ1n) is 4.85. The molecule has 16 heavy (non-hydrogen) atoms. The molecule has 3 nitrogen and oxygen atoms in total. The van der Waals surface area contributed by atoms with Crippen LogP contribution < -0.4 is 10.1 Å². The monoisotopic (exact) mass is 229 g/mol. The first-order chi connectivity index (χ1) is 7.59. The van der Waals surface area contributed by atoms with E-state index < -0.39 is 12.3 Å². The molecule has 0 heterocycles. The summed E-state index contributed by atoms with van der Waals surface area (Å²) in [5.41, 5.74) is 1.05. The number of alkyl halides is 2. The van der Waals surface area contributed by atoms with Crippen LogP contribution >= 0.6 is 0 Å². The van der Waals surface area contributed by atoms with E-state index in [1.807, 2.05) is 25.1 Å². The lowest BCUT2D eigenvalue weighted by Gasteiger charge is -2.07. The zero-order valence-electron chi connectivity index (χ0n) is 8.87. The summed E-state index contributed by atoms with van der Waals surface area (Å²) in [7, 11) is 0. The van der Waals surface area contributed by atoms with Crippen LogP contribution in [0.1, 0.15) is 5.56 Å². The molecule has 1 rings (SSSR count). The summed E-state index contributed by atoms with van der Waals surface area (Å²) < 4.78 is 28.8. The molecule has 0 spiro atoms. The van der Waals surface area contributed by atoms with Crippen molar-refractivity contribution in [3.05, 3.63) is 29.8 Å². The molecular formula is C11H13F2NO2. The van der Waals surface area contributed by atoms with E-state index in [9.17, 15) is 13.6 Å². The Morgan fingerprint density at radius 3 is 2.88 bits per heavy atom. The molecule has 5 heteroatoms. The Morgan fingerprint density at radius 1 is 1.50 bits per heavy atom. The van der Waals surface area contributed by atoms with E-state index in [0.29, 0.717) is 5.75 Å². The fraction of sp³-hybridized carbons (Fsp3) is 0.364. The molecule has 0 radical (unpaired) electrons. The summed E-state index contributed by atoms with van der Waals surface area (Å²) in [6, 6.07) is 7.35. The van der Waals surface area contributed by atoms with Gasteiger partial charge in [-0.1, -0.05) is 12.1 Å². The number of rotatable bonds is 5. The lowest BCUT2D eigenvalue weighted by Crippen LogP contribution is -2.32.